The van der Waals surface area contributed by atoms with E-state index in [1.807, 2.05) is 20.8 Å². The summed E-state index contributed by atoms with van der Waals surface area (Å²) in [5.74, 6) is -0.450. The van der Waals surface area contributed by atoms with Crippen molar-refractivity contribution in [1.82, 2.24) is 10.2 Å². The Morgan fingerprint density at radius 2 is 1.93 bits per heavy atom. The minimum atomic E-state index is -0.654. The Bertz CT molecular complexity index is 657. The Balaban J connectivity index is 2.03. The van der Waals surface area contributed by atoms with Crippen LogP contribution in [0.1, 0.15) is 50.4 Å². The average Bonchev–Trinajstić information content (AvgIpc) is 3.10. The van der Waals surface area contributed by atoms with Gasteiger partial charge >= 0.3 is 0 Å². The van der Waals surface area contributed by atoms with E-state index in [9.17, 15) is 19.8 Å². The smallest absolute Gasteiger partial charge is 0.254 e. The molecule has 1 aliphatic heterocycles. The molecule has 0 bridgehead atoms. The summed E-state index contributed by atoms with van der Waals surface area (Å²) in [5, 5.41) is 22.7. The normalized spacial score (nSPS) is 19.6. The van der Waals surface area contributed by atoms with Gasteiger partial charge in [-0.1, -0.05) is 36.7 Å². The van der Waals surface area contributed by atoms with E-state index in [1.54, 1.807) is 29.2 Å². The van der Waals surface area contributed by atoms with Crippen LogP contribution in [0.4, 0.5) is 0 Å². The third-order valence-corrected chi connectivity index (χ3v) is 5.51. The van der Waals surface area contributed by atoms with Gasteiger partial charge in [-0.3, -0.25) is 9.59 Å². The summed E-state index contributed by atoms with van der Waals surface area (Å²) in [6.45, 7) is 5.99. The molecule has 1 aliphatic rings. The first kappa shape index (κ1) is 21.9. The van der Waals surface area contributed by atoms with E-state index in [4.69, 9.17) is 0 Å². The van der Waals surface area contributed by atoms with Crippen molar-refractivity contribution in [2.75, 3.05) is 13.2 Å². The van der Waals surface area contributed by atoms with Crippen LogP contribution in [-0.4, -0.2) is 58.3 Å². The van der Waals surface area contributed by atoms with Gasteiger partial charge in [0, 0.05) is 16.6 Å². The fraction of sp³-hybridized carbons (Fsp3) is 0.600. The topological polar surface area (TPSA) is 89.9 Å². The summed E-state index contributed by atoms with van der Waals surface area (Å²) in [5.41, 5.74) is 0.203. The van der Waals surface area contributed by atoms with Gasteiger partial charge in [0.2, 0.25) is 5.91 Å². The molecule has 7 heteroatoms. The number of nitrogens with one attached hydrogen (secondary N) is 1. The van der Waals surface area contributed by atoms with Crippen molar-refractivity contribution in [3.05, 3.63) is 34.3 Å². The molecule has 1 fully saturated rings. The van der Waals surface area contributed by atoms with Gasteiger partial charge in [0.1, 0.15) is 6.04 Å². The number of benzene rings is 1. The third-order valence-electron chi connectivity index (χ3n) is 4.98. The zero-order chi connectivity index (χ0) is 20.2. The molecular weight excluding hydrogens is 412 g/mol. The molecule has 3 N–H and O–H groups in total. The van der Waals surface area contributed by atoms with Crippen LogP contribution in [-0.2, 0) is 4.79 Å². The zero-order valence-corrected chi connectivity index (χ0v) is 17.7. The van der Waals surface area contributed by atoms with E-state index in [0.717, 1.165) is 10.9 Å². The van der Waals surface area contributed by atoms with Gasteiger partial charge in [-0.2, -0.15) is 0 Å². The summed E-state index contributed by atoms with van der Waals surface area (Å²) in [6.07, 6.45) is 0.959. The quantitative estimate of drug-likeness (QED) is 0.632. The Hall–Kier alpha value is -1.44. The largest absolute Gasteiger partial charge is 0.394 e. The Kier molecular flexibility index (Phi) is 7.42. The lowest BCUT2D eigenvalue weighted by molar-refractivity contribution is -0.126. The van der Waals surface area contributed by atoms with Crippen LogP contribution in [0.5, 0.6) is 0 Å². The number of aliphatic hydroxyl groups is 2. The highest BCUT2D eigenvalue weighted by molar-refractivity contribution is 9.10. The molecule has 1 heterocycles. The van der Waals surface area contributed by atoms with Gasteiger partial charge in [0.25, 0.3) is 5.91 Å². The maximum Gasteiger partial charge on any atom is 0.254 e. The molecule has 2 amide bonds. The number of likely N-dealkylation sites (tertiary alicyclic amines) is 1. The van der Waals surface area contributed by atoms with Crippen molar-refractivity contribution in [3.63, 3.8) is 0 Å². The third kappa shape index (κ3) is 5.77. The van der Waals surface area contributed by atoms with E-state index in [1.165, 1.54) is 0 Å². The summed E-state index contributed by atoms with van der Waals surface area (Å²) < 4.78 is 0.887. The number of hydrogen-bond acceptors (Lipinski definition) is 4. The first-order valence-electron chi connectivity index (χ1n) is 9.29. The molecule has 3 unspecified atom stereocenters. The predicted octanol–water partition coefficient (Wildman–Crippen LogP) is 2.33. The predicted molar refractivity (Wildman–Crippen MR) is 107 cm³/mol. The van der Waals surface area contributed by atoms with E-state index >= 15 is 0 Å². The summed E-state index contributed by atoms with van der Waals surface area (Å²) in [4.78, 5) is 27.1. The minimum Gasteiger partial charge on any atom is -0.394 e. The minimum absolute atomic E-state index is 0.171. The maximum absolute atomic E-state index is 12.8. The van der Waals surface area contributed by atoms with E-state index in [0.29, 0.717) is 18.5 Å². The van der Waals surface area contributed by atoms with Crippen LogP contribution in [0.2, 0.25) is 0 Å². The van der Waals surface area contributed by atoms with Gasteiger partial charge in [0.15, 0.2) is 0 Å². The van der Waals surface area contributed by atoms with Gasteiger partial charge < -0.3 is 20.4 Å². The molecule has 3 atom stereocenters. The number of nitrogens with zero attached hydrogens (tertiary/aromatic N) is 1. The number of halogens is 1. The molecule has 27 heavy (non-hydrogen) atoms. The Morgan fingerprint density at radius 3 is 2.48 bits per heavy atom. The second-order valence-corrected chi connectivity index (χ2v) is 9.08. The maximum atomic E-state index is 12.8. The number of aliphatic hydroxyl groups excluding tert-OH is 2. The molecule has 0 saturated carbocycles. The van der Waals surface area contributed by atoms with E-state index in [-0.39, 0.29) is 30.3 Å². The number of rotatable bonds is 6. The molecule has 2 rings (SSSR count). The van der Waals surface area contributed by atoms with Crippen LogP contribution < -0.4 is 5.32 Å². The lowest BCUT2D eigenvalue weighted by Gasteiger charge is -2.30. The molecule has 6 nitrogen and oxygen atoms in total. The number of hydrogen-bond donors (Lipinski definition) is 3. The SMILES string of the molecule is CC(C)(C)C(O)CC(CO)NC(=O)C1CCCN1C(=O)c1ccc(Br)cc1. The number of amides is 2. The van der Waals surface area contributed by atoms with Crippen molar-refractivity contribution >= 4 is 27.7 Å². The fourth-order valence-electron chi connectivity index (χ4n) is 3.14. The second kappa shape index (κ2) is 9.17. The average molecular weight is 441 g/mol. The monoisotopic (exact) mass is 440 g/mol. The van der Waals surface area contributed by atoms with E-state index in [2.05, 4.69) is 21.2 Å². The first-order chi connectivity index (χ1) is 12.6. The molecule has 1 aromatic rings. The number of carbonyl (C=O) groups excluding carboxylic acids is 2. The molecule has 150 valence electrons. The van der Waals surface area contributed by atoms with Crippen molar-refractivity contribution in [3.8, 4) is 0 Å². The lowest BCUT2D eigenvalue weighted by Crippen LogP contribution is -2.51. The molecule has 0 aliphatic carbocycles. The van der Waals surface area contributed by atoms with Crippen LogP contribution in [0.25, 0.3) is 0 Å². The van der Waals surface area contributed by atoms with Crippen molar-refractivity contribution < 1.29 is 19.8 Å². The summed E-state index contributed by atoms with van der Waals surface area (Å²) in [7, 11) is 0. The van der Waals surface area contributed by atoms with Crippen LogP contribution in [0, 0.1) is 5.41 Å². The first-order valence-corrected chi connectivity index (χ1v) is 10.1. The van der Waals surface area contributed by atoms with Gasteiger partial charge in [-0.15, -0.1) is 0 Å². The van der Waals surface area contributed by atoms with Crippen molar-refractivity contribution in [2.24, 2.45) is 5.41 Å². The molecule has 0 radical (unpaired) electrons. The Labute approximate surface area is 169 Å². The highest BCUT2D eigenvalue weighted by Crippen LogP contribution is 2.24. The molecule has 1 saturated heterocycles. The van der Waals surface area contributed by atoms with Crippen molar-refractivity contribution in [1.29, 1.82) is 0 Å². The fourth-order valence-corrected chi connectivity index (χ4v) is 3.40. The lowest BCUT2D eigenvalue weighted by atomic mass is 9.85. The molecule has 0 aromatic heterocycles. The zero-order valence-electron chi connectivity index (χ0n) is 16.1. The highest BCUT2D eigenvalue weighted by Gasteiger charge is 2.36. The number of carbonyl (C=O) groups is 2. The second-order valence-electron chi connectivity index (χ2n) is 8.17. The van der Waals surface area contributed by atoms with Gasteiger partial charge in [-0.05, 0) is 48.9 Å². The van der Waals surface area contributed by atoms with Gasteiger partial charge in [-0.25, -0.2) is 0 Å². The molecule has 0 spiro atoms. The van der Waals surface area contributed by atoms with Crippen molar-refractivity contribution in [2.45, 2.75) is 58.2 Å². The van der Waals surface area contributed by atoms with Crippen LogP contribution >= 0.6 is 15.9 Å². The van der Waals surface area contributed by atoms with Crippen LogP contribution in [0.15, 0.2) is 28.7 Å². The van der Waals surface area contributed by atoms with Crippen LogP contribution in [0.3, 0.4) is 0 Å². The molecule has 1 aromatic carbocycles. The Morgan fingerprint density at radius 1 is 1.30 bits per heavy atom. The van der Waals surface area contributed by atoms with Gasteiger partial charge in [0.05, 0.1) is 18.8 Å². The summed E-state index contributed by atoms with van der Waals surface area (Å²) in [6, 6.07) is 5.97. The molecular formula is C20H29BrN2O4. The highest BCUT2D eigenvalue weighted by atomic mass is 79.9. The standard InChI is InChI=1S/C20H29BrN2O4/c1-20(2,3)17(25)11-15(12-24)22-18(26)16-5-4-10-23(16)19(27)13-6-8-14(21)9-7-13/h6-9,15-17,24-25H,4-5,10-12H2,1-3H3,(H,22,26). The summed E-state index contributed by atoms with van der Waals surface area (Å²) >= 11 is 3.35. The van der Waals surface area contributed by atoms with E-state index < -0.39 is 18.2 Å².